The van der Waals surface area contributed by atoms with E-state index in [1.54, 1.807) is 0 Å². The molecule has 2 fully saturated rings. The van der Waals surface area contributed by atoms with Gasteiger partial charge in [0.1, 0.15) is 0 Å². The van der Waals surface area contributed by atoms with E-state index in [1.165, 1.54) is 47.8 Å². The highest BCUT2D eigenvalue weighted by atomic mass is 79.9. The zero-order chi connectivity index (χ0) is 14.2. The van der Waals surface area contributed by atoms with Crippen molar-refractivity contribution in [3.63, 3.8) is 0 Å². The SMILES string of the molecule is CC1(C)CCCN1Cc1ccc(CNC2CC2)cc1Br. The van der Waals surface area contributed by atoms with Gasteiger partial charge in [-0.2, -0.15) is 0 Å². The molecule has 1 aromatic carbocycles. The summed E-state index contributed by atoms with van der Waals surface area (Å²) in [6.07, 6.45) is 5.34. The molecule has 0 aromatic heterocycles. The monoisotopic (exact) mass is 336 g/mol. The minimum Gasteiger partial charge on any atom is -0.310 e. The van der Waals surface area contributed by atoms with Gasteiger partial charge >= 0.3 is 0 Å². The highest BCUT2D eigenvalue weighted by Crippen LogP contribution is 2.31. The maximum Gasteiger partial charge on any atom is 0.0250 e. The van der Waals surface area contributed by atoms with E-state index in [2.05, 4.69) is 58.2 Å². The Morgan fingerprint density at radius 3 is 2.75 bits per heavy atom. The van der Waals surface area contributed by atoms with Crippen molar-refractivity contribution in [1.82, 2.24) is 10.2 Å². The van der Waals surface area contributed by atoms with E-state index in [-0.39, 0.29) is 0 Å². The van der Waals surface area contributed by atoms with Gasteiger partial charge in [0.2, 0.25) is 0 Å². The predicted octanol–water partition coefficient (Wildman–Crippen LogP) is 4.08. The van der Waals surface area contributed by atoms with Crippen LogP contribution in [-0.4, -0.2) is 23.0 Å². The lowest BCUT2D eigenvalue weighted by Crippen LogP contribution is -2.37. The second kappa shape index (κ2) is 5.78. The van der Waals surface area contributed by atoms with Gasteiger partial charge in [-0.3, -0.25) is 4.90 Å². The number of benzene rings is 1. The van der Waals surface area contributed by atoms with Gasteiger partial charge in [0.25, 0.3) is 0 Å². The molecule has 110 valence electrons. The molecule has 2 aliphatic rings. The second-order valence-electron chi connectivity index (χ2n) is 6.92. The van der Waals surface area contributed by atoms with Crippen LogP contribution in [0.5, 0.6) is 0 Å². The molecule has 0 spiro atoms. The average Bonchev–Trinajstić information content (AvgIpc) is 3.16. The topological polar surface area (TPSA) is 15.3 Å². The zero-order valence-corrected chi connectivity index (χ0v) is 14.2. The molecular formula is C17H25BrN2. The first-order chi connectivity index (χ1) is 9.54. The first kappa shape index (κ1) is 14.6. The van der Waals surface area contributed by atoms with E-state index in [4.69, 9.17) is 0 Å². The van der Waals surface area contributed by atoms with Crippen LogP contribution in [0.15, 0.2) is 22.7 Å². The minimum absolute atomic E-state index is 0.353. The Morgan fingerprint density at radius 2 is 2.15 bits per heavy atom. The van der Waals surface area contributed by atoms with Crippen molar-refractivity contribution in [3.05, 3.63) is 33.8 Å². The van der Waals surface area contributed by atoms with Crippen LogP contribution in [0.3, 0.4) is 0 Å². The number of rotatable bonds is 5. The molecule has 0 atom stereocenters. The molecular weight excluding hydrogens is 312 g/mol. The van der Waals surface area contributed by atoms with Gasteiger partial charge in [0.05, 0.1) is 0 Å². The molecule has 0 amide bonds. The van der Waals surface area contributed by atoms with Gasteiger partial charge in [0.15, 0.2) is 0 Å². The Kier molecular flexibility index (Phi) is 4.21. The normalized spacial score (nSPS) is 22.4. The van der Waals surface area contributed by atoms with Crippen molar-refractivity contribution in [2.24, 2.45) is 0 Å². The lowest BCUT2D eigenvalue weighted by atomic mass is 10.0. The summed E-state index contributed by atoms with van der Waals surface area (Å²) in [6.45, 7) is 8.01. The third-order valence-electron chi connectivity index (χ3n) is 4.72. The van der Waals surface area contributed by atoms with E-state index in [0.29, 0.717) is 5.54 Å². The summed E-state index contributed by atoms with van der Waals surface area (Å²) in [4.78, 5) is 2.61. The molecule has 1 aliphatic heterocycles. The standard InChI is InChI=1S/C17H25BrN2/c1-17(2)8-3-9-20(17)12-14-5-4-13(10-16(14)18)11-19-15-6-7-15/h4-5,10,15,19H,3,6-9,11-12H2,1-2H3. The van der Waals surface area contributed by atoms with E-state index < -0.39 is 0 Å². The van der Waals surface area contributed by atoms with Crippen LogP contribution >= 0.6 is 15.9 Å². The lowest BCUT2D eigenvalue weighted by molar-refractivity contribution is 0.166. The van der Waals surface area contributed by atoms with Gasteiger partial charge < -0.3 is 5.32 Å². The van der Waals surface area contributed by atoms with Crippen molar-refractivity contribution in [1.29, 1.82) is 0 Å². The highest BCUT2D eigenvalue weighted by molar-refractivity contribution is 9.10. The molecule has 3 rings (SSSR count). The summed E-state index contributed by atoms with van der Waals surface area (Å²) >= 11 is 3.76. The molecule has 1 saturated heterocycles. The second-order valence-corrected chi connectivity index (χ2v) is 7.77. The van der Waals surface area contributed by atoms with Crippen LogP contribution < -0.4 is 5.32 Å². The first-order valence-electron chi connectivity index (χ1n) is 7.80. The number of likely N-dealkylation sites (tertiary alicyclic amines) is 1. The number of halogens is 1. The van der Waals surface area contributed by atoms with Crippen LogP contribution in [0.1, 0.15) is 50.7 Å². The van der Waals surface area contributed by atoms with Crippen molar-refractivity contribution in [2.45, 2.75) is 64.2 Å². The van der Waals surface area contributed by atoms with Crippen molar-refractivity contribution in [3.8, 4) is 0 Å². The molecule has 3 heteroatoms. The van der Waals surface area contributed by atoms with Crippen LogP contribution in [0.4, 0.5) is 0 Å². The lowest BCUT2D eigenvalue weighted by Gasteiger charge is -2.31. The largest absolute Gasteiger partial charge is 0.310 e. The molecule has 0 unspecified atom stereocenters. The van der Waals surface area contributed by atoms with Crippen molar-refractivity contribution in [2.75, 3.05) is 6.54 Å². The highest BCUT2D eigenvalue weighted by Gasteiger charge is 2.31. The smallest absolute Gasteiger partial charge is 0.0250 e. The molecule has 20 heavy (non-hydrogen) atoms. The number of nitrogens with one attached hydrogen (secondary N) is 1. The fourth-order valence-corrected chi connectivity index (χ4v) is 3.59. The summed E-state index contributed by atoms with van der Waals surface area (Å²) in [5.41, 5.74) is 3.15. The van der Waals surface area contributed by atoms with Crippen LogP contribution in [-0.2, 0) is 13.1 Å². The van der Waals surface area contributed by atoms with E-state index in [1.807, 2.05) is 0 Å². The summed E-state index contributed by atoms with van der Waals surface area (Å²) in [5, 5.41) is 3.57. The molecule has 2 nitrogen and oxygen atoms in total. The summed E-state index contributed by atoms with van der Waals surface area (Å²) in [7, 11) is 0. The fraction of sp³-hybridized carbons (Fsp3) is 0.647. The van der Waals surface area contributed by atoms with Crippen molar-refractivity contribution < 1.29 is 0 Å². The number of hydrogen-bond acceptors (Lipinski definition) is 2. The maximum absolute atomic E-state index is 3.76. The summed E-state index contributed by atoms with van der Waals surface area (Å²) < 4.78 is 1.26. The molecule has 1 aromatic rings. The first-order valence-corrected chi connectivity index (χ1v) is 8.60. The molecule has 1 heterocycles. The summed E-state index contributed by atoms with van der Waals surface area (Å²) in [6, 6.07) is 7.63. The van der Waals surface area contributed by atoms with Crippen LogP contribution in [0.2, 0.25) is 0 Å². The Balaban J connectivity index is 1.64. The predicted molar refractivity (Wildman–Crippen MR) is 87.7 cm³/mol. The third kappa shape index (κ3) is 3.44. The molecule has 1 saturated carbocycles. The van der Waals surface area contributed by atoms with Crippen LogP contribution in [0.25, 0.3) is 0 Å². The van der Waals surface area contributed by atoms with Gasteiger partial charge in [0, 0.05) is 29.1 Å². The maximum atomic E-state index is 3.76. The van der Waals surface area contributed by atoms with E-state index in [9.17, 15) is 0 Å². The summed E-state index contributed by atoms with van der Waals surface area (Å²) in [5.74, 6) is 0. The van der Waals surface area contributed by atoms with Gasteiger partial charge in [-0.25, -0.2) is 0 Å². The number of nitrogens with zero attached hydrogens (tertiary/aromatic N) is 1. The molecule has 1 N–H and O–H groups in total. The minimum atomic E-state index is 0.353. The van der Waals surface area contributed by atoms with Gasteiger partial charge in [-0.15, -0.1) is 0 Å². The molecule has 0 radical (unpaired) electrons. The quantitative estimate of drug-likeness (QED) is 0.871. The van der Waals surface area contributed by atoms with Crippen molar-refractivity contribution >= 4 is 15.9 Å². The van der Waals surface area contributed by atoms with Gasteiger partial charge in [-0.1, -0.05) is 28.1 Å². The molecule has 0 bridgehead atoms. The fourth-order valence-electron chi connectivity index (χ4n) is 3.04. The van der Waals surface area contributed by atoms with Gasteiger partial charge in [-0.05, 0) is 63.3 Å². The zero-order valence-electron chi connectivity index (χ0n) is 12.6. The Bertz CT molecular complexity index is 480. The number of hydrogen-bond donors (Lipinski definition) is 1. The average molecular weight is 337 g/mol. The molecule has 1 aliphatic carbocycles. The Hall–Kier alpha value is -0.380. The Labute approximate surface area is 131 Å². The van der Waals surface area contributed by atoms with E-state index >= 15 is 0 Å². The van der Waals surface area contributed by atoms with E-state index in [0.717, 1.165) is 19.1 Å². The Morgan fingerprint density at radius 1 is 1.35 bits per heavy atom. The third-order valence-corrected chi connectivity index (χ3v) is 5.46. The van der Waals surface area contributed by atoms with Crippen LogP contribution in [0, 0.1) is 0 Å².